The number of rotatable bonds is 1. The second-order valence-corrected chi connectivity index (χ2v) is 1.76. The molecule has 0 saturated carbocycles. The van der Waals surface area contributed by atoms with E-state index in [0.717, 1.165) is 0 Å². The molecule has 1 N–H and O–H groups in total. The monoisotopic (exact) mass is 126 g/mol. The third-order valence-corrected chi connectivity index (χ3v) is 0.960. The zero-order valence-corrected chi connectivity index (χ0v) is 5.15. The van der Waals surface area contributed by atoms with Crippen molar-refractivity contribution in [2.24, 2.45) is 0 Å². The Morgan fingerprint density at radius 1 is 1.44 bits per heavy atom. The van der Waals surface area contributed by atoms with E-state index in [9.17, 15) is 0 Å². The Morgan fingerprint density at radius 2 is 2.00 bits per heavy atom. The Morgan fingerprint density at radius 3 is 2.44 bits per heavy atom. The summed E-state index contributed by atoms with van der Waals surface area (Å²) in [6.45, 7) is 1.07. The topological polar surface area (TPSA) is 20.2 Å². The van der Waals surface area contributed by atoms with E-state index in [4.69, 9.17) is 10.6 Å². The summed E-state index contributed by atoms with van der Waals surface area (Å²) in [4.78, 5) is 0. The molecule has 1 rings (SSSR count). The molecule has 0 aliphatic carbocycles. The molecule has 1 aromatic carbocycles. The van der Waals surface area contributed by atoms with Crippen LogP contribution in [0.5, 0.6) is 0 Å². The van der Waals surface area contributed by atoms with Gasteiger partial charge in [0, 0.05) is 0 Å². The fraction of sp³-hybridized carbons (Fsp3) is 0.250. The maximum absolute atomic E-state index is 8.83. The third kappa shape index (κ3) is 1.54. The van der Waals surface area contributed by atoms with Gasteiger partial charge in [0.05, 0.1) is 12.1 Å². The molecule has 1 heteroatoms. The molecule has 0 aliphatic rings. The number of hydrogen-bond acceptors (Lipinski definition) is 1. The summed E-state index contributed by atoms with van der Waals surface area (Å²) in [5.41, 5.74) is 0.368. The lowest BCUT2D eigenvalue weighted by atomic mass is 10.2. The highest BCUT2D eigenvalue weighted by Crippen LogP contribution is 2.01. The molecule has 0 spiro atoms. The predicted octanol–water partition coefficient (Wildman–Crippen LogP) is 1.49. The number of benzene rings is 1. The first-order valence-electron chi connectivity index (χ1n) is 4.67. The van der Waals surface area contributed by atoms with E-state index in [0.29, 0.717) is 5.56 Å². The molecule has 0 aliphatic heterocycles. The second kappa shape index (κ2) is 2.65. The van der Waals surface area contributed by atoms with Crippen LogP contribution in [0.15, 0.2) is 24.2 Å². The summed E-state index contributed by atoms with van der Waals surface area (Å²) in [7, 11) is 0. The lowest BCUT2D eigenvalue weighted by Crippen LogP contribution is -1.80. The van der Waals surface area contributed by atoms with Gasteiger partial charge in [0.15, 0.2) is 0 Å². The quantitative estimate of drug-likeness (QED) is 0.604. The molecular weight excluding hydrogens is 112 g/mol. The predicted molar refractivity (Wildman–Crippen MR) is 37.1 cm³/mol. The first-order valence-corrected chi connectivity index (χ1v) is 2.67. The van der Waals surface area contributed by atoms with E-state index in [-0.39, 0.29) is 29.7 Å². The van der Waals surface area contributed by atoms with Gasteiger partial charge in [-0.2, -0.15) is 0 Å². The van der Waals surface area contributed by atoms with Crippen molar-refractivity contribution in [1.82, 2.24) is 0 Å². The Bertz CT molecular complexity index is 319. The highest BCUT2D eigenvalue weighted by molar-refractivity contribution is 5.20. The summed E-state index contributed by atoms with van der Waals surface area (Å²) >= 11 is 0. The van der Waals surface area contributed by atoms with E-state index in [1.54, 1.807) is 0 Å². The van der Waals surface area contributed by atoms with Gasteiger partial charge in [-0.05, 0) is 12.5 Å². The minimum atomic E-state index is -0.463. The molecule has 0 heterocycles. The van der Waals surface area contributed by atoms with Crippen molar-refractivity contribution in [1.29, 1.82) is 0 Å². The maximum Gasteiger partial charge on any atom is 0.0681 e. The number of aliphatic hydroxyl groups is 1. The van der Waals surface area contributed by atoms with Crippen molar-refractivity contribution >= 4 is 0 Å². The smallest absolute Gasteiger partial charge is 0.0681 e. The van der Waals surface area contributed by atoms with Crippen LogP contribution in [0.4, 0.5) is 0 Å². The van der Waals surface area contributed by atoms with E-state index in [2.05, 4.69) is 0 Å². The molecule has 0 atom stereocenters. The van der Waals surface area contributed by atoms with Crippen molar-refractivity contribution in [2.45, 2.75) is 13.5 Å². The van der Waals surface area contributed by atoms with Crippen molar-refractivity contribution < 1.29 is 10.6 Å². The van der Waals surface area contributed by atoms with Crippen LogP contribution in [-0.2, 0) is 6.61 Å². The van der Waals surface area contributed by atoms with Gasteiger partial charge in [0.25, 0.3) is 0 Å². The van der Waals surface area contributed by atoms with Crippen molar-refractivity contribution in [2.75, 3.05) is 0 Å². The third-order valence-electron chi connectivity index (χ3n) is 0.960. The van der Waals surface area contributed by atoms with E-state index >= 15 is 0 Å². The van der Waals surface area contributed by atoms with Gasteiger partial charge < -0.3 is 5.11 Å². The Labute approximate surface area is 60.6 Å². The van der Waals surface area contributed by atoms with Gasteiger partial charge in [-0.25, -0.2) is 0 Å². The first kappa shape index (κ1) is 2.84. The largest absolute Gasteiger partial charge is 0.392 e. The number of hydrogen-bond donors (Lipinski definition) is 1. The molecule has 1 aromatic rings. The average molecular weight is 126 g/mol. The lowest BCUT2D eigenvalue weighted by Gasteiger charge is -1.93. The fourth-order valence-electron chi connectivity index (χ4n) is 0.480. The van der Waals surface area contributed by atoms with Gasteiger partial charge in [0.2, 0.25) is 0 Å². The van der Waals surface area contributed by atoms with Gasteiger partial charge in [0.1, 0.15) is 0 Å². The number of aliphatic hydroxyl groups excluding tert-OH is 1. The summed E-state index contributed by atoms with van der Waals surface area (Å²) in [5.74, 6) is 0. The average Bonchev–Trinajstić information content (AvgIpc) is 2.13. The molecule has 1 nitrogen and oxygen atoms in total. The van der Waals surface area contributed by atoms with E-state index in [1.807, 2.05) is 0 Å². The fourth-order valence-corrected chi connectivity index (χ4v) is 0.480. The van der Waals surface area contributed by atoms with Crippen molar-refractivity contribution in [3.8, 4) is 0 Å². The maximum atomic E-state index is 8.83. The van der Waals surface area contributed by atoms with Crippen LogP contribution >= 0.6 is 0 Å². The SMILES string of the molecule is [2H]c1c([2H])c(CO)c([2H])c([2H])c1C. The van der Waals surface area contributed by atoms with Crippen LogP contribution in [0, 0.1) is 6.92 Å². The molecule has 0 radical (unpaired) electrons. The summed E-state index contributed by atoms with van der Waals surface area (Å²) < 4.78 is 29.7. The summed E-state index contributed by atoms with van der Waals surface area (Å²) in [6.07, 6.45) is 0. The molecule has 9 heavy (non-hydrogen) atoms. The van der Waals surface area contributed by atoms with Crippen molar-refractivity contribution in [3.63, 3.8) is 0 Å². The Kier molecular flexibility index (Phi) is 0.836. The van der Waals surface area contributed by atoms with Crippen LogP contribution in [0.1, 0.15) is 16.6 Å². The highest BCUT2D eigenvalue weighted by atomic mass is 16.3. The minimum Gasteiger partial charge on any atom is -0.392 e. The van der Waals surface area contributed by atoms with E-state index < -0.39 is 6.61 Å². The van der Waals surface area contributed by atoms with Crippen LogP contribution in [0.25, 0.3) is 0 Å². The van der Waals surface area contributed by atoms with Gasteiger partial charge in [-0.1, -0.05) is 29.7 Å². The molecule has 0 bridgehead atoms. The lowest BCUT2D eigenvalue weighted by molar-refractivity contribution is 0.282. The van der Waals surface area contributed by atoms with Gasteiger partial charge in [-0.15, -0.1) is 0 Å². The standard InChI is InChI=1S/C8H10O/c1-7-2-4-8(6-9)5-3-7/h2-5,9H,6H2,1H3/i2D,3D,4D,5D. The Hall–Kier alpha value is -0.820. The molecule has 0 aromatic heterocycles. The molecular formula is C8H10O. The molecule has 48 valence electrons. The summed E-state index contributed by atoms with van der Waals surface area (Å²) in [5, 5.41) is 8.83. The van der Waals surface area contributed by atoms with Crippen LogP contribution in [0.3, 0.4) is 0 Å². The van der Waals surface area contributed by atoms with Crippen LogP contribution in [-0.4, -0.2) is 5.11 Å². The zero-order valence-electron chi connectivity index (χ0n) is 9.15. The van der Waals surface area contributed by atoms with Gasteiger partial charge >= 0.3 is 0 Å². The highest BCUT2D eigenvalue weighted by Gasteiger charge is 1.85. The van der Waals surface area contributed by atoms with Gasteiger partial charge in [-0.3, -0.25) is 0 Å². The second-order valence-electron chi connectivity index (χ2n) is 1.76. The van der Waals surface area contributed by atoms with Crippen LogP contribution in [0.2, 0.25) is 0 Å². The summed E-state index contributed by atoms with van der Waals surface area (Å²) in [6, 6.07) is -0.461. The first-order chi connectivity index (χ1) is 6.00. The minimum absolute atomic E-state index is 0.0561. The Balaban J connectivity index is 3.56. The molecule has 0 saturated heterocycles. The molecule has 0 unspecified atom stereocenters. The van der Waals surface area contributed by atoms with E-state index in [1.165, 1.54) is 6.92 Å². The van der Waals surface area contributed by atoms with Crippen LogP contribution < -0.4 is 0 Å². The molecule has 0 fully saturated rings. The molecule has 0 amide bonds. The zero-order chi connectivity index (χ0) is 10.2. The van der Waals surface area contributed by atoms with Crippen molar-refractivity contribution in [3.05, 3.63) is 35.3 Å². The normalized spacial score (nSPS) is 15.8.